The average molecular weight is 291 g/mol. The van der Waals surface area contributed by atoms with Gasteiger partial charge in [-0.2, -0.15) is 0 Å². The molecule has 0 aromatic rings. The first-order valence-electron chi connectivity index (χ1n) is 7.25. The third kappa shape index (κ3) is 4.92. The third-order valence-electron chi connectivity index (χ3n) is 3.80. The molecule has 8 N–H and O–H groups in total. The summed E-state index contributed by atoms with van der Waals surface area (Å²) in [7, 11) is 1.00. The normalized spacial score (nSPS) is 41.7. The number of hydrogen-bond donors (Lipinski definition) is 5. The largest absolute Gasteiger partial charge is 0.400 e. The van der Waals surface area contributed by atoms with Crippen LogP contribution >= 0.6 is 0 Å². The van der Waals surface area contributed by atoms with Crippen molar-refractivity contribution in [2.75, 3.05) is 13.7 Å². The highest BCUT2D eigenvalue weighted by Crippen LogP contribution is 2.26. The number of rotatable bonds is 3. The second kappa shape index (κ2) is 8.89. The Bertz CT molecular complexity index is 258. The molecule has 1 heterocycles. The van der Waals surface area contributed by atoms with Gasteiger partial charge in [0.2, 0.25) is 0 Å². The Morgan fingerprint density at radius 2 is 1.90 bits per heavy atom. The number of hydrogen-bond acceptors (Lipinski definition) is 7. The van der Waals surface area contributed by atoms with Gasteiger partial charge in [-0.05, 0) is 32.1 Å². The Morgan fingerprint density at radius 3 is 2.50 bits per heavy atom. The summed E-state index contributed by atoms with van der Waals surface area (Å²) in [6, 6.07) is -0.274. The van der Waals surface area contributed by atoms with Gasteiger partial charge >= 0.3 is 0 Å². The highest BCUT2D eigenvalue weighted by Gasteiger charge is 2.37. The van der Waals surface area contributed by atoms with E-state index in [0.717, 1.165) is 26.4 Å². The van der Waals surface area contributed by atoms with Gasteiger partial charge in [-0.1, -0.05) is 0 Å². The van der Waals surface area contributed by atoms with Gasteiger partial charge in [0.25, 0.3) is 0 Å². The molecule has 120 valence electrons. The Balaban J connectivity index is 0.000000956. The van der Waals surface area contributed by atoms with Crippen LogP contribution in [0.25, 0.3) is 0 Å². The van der Waals surface area contributed by atoms with Gasteiger partial charge in [-0.25, -0.2) is 0 Å². The van der Waals surface area contributed by atoms with Crippen LogP contribution in [0.5, 0.6) is 0 Å². The SMILES string of the molecule is CO.NCC1CCC[C@@H](O[C@@H]2C(N)CC(N)CC2O)O1. The quantitative estimate of drug-likeness (QED) is 0.433. The zero-order valence-electron chi connectivity index (χ0n) is 12.1. The maximum absolute atomic E-state index is 10.00. The molecule has 0 aromatic heterocycles. The van der Waals surface area contributed by atoms with E-state index in [1.165, 1.54) is 0 Å². The molecule has 0 spiro atoms. The molecule has 0 radical (unpaired) electrons. The summed E-state index contributed by atoms with van der Waals surface area (Å²) in [5.74, 6) is 0. The van der Waals surface area contributed by atoms with Gasteiger partial charge in [-0.3, -0.25) is 0 Å². The highest BCUT2D eigenvalue weighted by atomic mass is 16.7. The molecule has 0 amide bonds. The Kier molecular flexibility index (Phi) is 7.90. The van der Waals surface area contributed by atoms with Crippen molar-refractivity contribution < 1.29 is 19.7 Å². The lowest BCUT2D eigenvalue weighted by Gasteiger charge is -2.39. The Labute approximate surface area is 120 Å². The van der Waals surface area contributed by atoms with Crippen LogP contribution in [0.2, 0.25) is 0 Å². The predicted octanol–water partition coefficient (Wildman–Crippen LogP) is -1.36. The first kappa shape index (κ1) is 17.8. The number of aliphatic hydroxyl groups excluding tert-OH is 2. The monoisotopic (exact) mass is 291 g/mol. The Morgan fingerprint density at radius 1 is 1.20 bits per heavy atom. The molecule has 7 nitrogen and oxygen atoms in total. The van der Waals surface area contributed by atoms with Crippen LogP contribution < -0.4 is 17.2 Å². The van der Waals surface area contributed by atoms with Crippen molar-refractivity contribution in [3.8, 4) is 0 Å². The van der Waals surface area contributed by atoms with E-state index in [9.17, 15) is 5.11 Å². The van der Waals surface area contributed by atoms with E-state index in [2.05, 4.69) is 0 Å². The number of nitrogens with two attached hydrogens (primary N) is 3. The smallest absolute Gasteiger partial charge is 0.158 e. The van der Waals surface area contributed by atoms with Gasteiger partial charge in [0, 0.05) is 25.7 Å². The van der Waals surface area contributed by atoms with Crippen LogP contribution in [-0.2, 0) is 9.47 Å². The maximum Gasteiger partial charge on any atom is 0.158 e. The van der Waals surface area contributed by atoms with Crippen molar-refractivity contribution >= 4 is 0 Å². The first-order chi connectivity index (χ1) is 9.60. The van der Waals surface area contributed by atoms with Gasteiger partial charge < -0.3 is 36.9 Å². The van der Waals surface area contributed by atoms with Gasteiger partial charge in [0.15, 0.2) is 6.29 Å². The van der Waals surface area contributed by atoms with Gasteiger partial charge in [0.1, 0.15) is 6.10 Å². The summed E-state index contributed by atoms with van der Waals surface area (Å²) in [4.78, 5) is 0. The molecule has 4 unspecified atom stereocenters. The van der Waals surface area contributed by atoms with E-state index in [1.807, 2.05) is 0 Å². The van der Waals surface area contributed by atoms with E-state index in [-0.39, 0.29) is 30.6 Å². The van der Waals surface area contributed by atoms with Crippen LogP contribution in [0.4, 0.5) is 0 Å². The van der Waals surface area contributed by atoms with Crippen molar-refractivity contribution in [1.29, 1.82) is 0 Å². The summed E-state index contributed by atoms with van der Waals surface area (Å²) >= 11 is 0. The zero-order chi connectivity index (χ0) is 15.1. The second-order valence-corrected chi connectivity index (χ2v) is 5.42. The van der Waals surface area contributed by atoms with Crippen LogP contribution in [0, 0.1) is 0 Å². The summed E-state index contributed by atoms with van der Waals surface area (Å²) in [5.41, 5.74) is 17.4. The van der Waals surface area contributed by atoms with Crippen LogP contribution in [0.15, 0.2) is 0 Å². The van der Waals surface area contributed by atoms with E-state index in [1.54, 1.807) is 0 Å². The van der Waals surface area contributed by atoms with Crippen LogP contribution in [-0.4, -0.2) is 60.6 Å². The molecule has 2 aliphatic rings. The van der Waals surface area contributed by atoms with Crippen molar-refractivity contribution in [3.05, 3.63) is 0 Å². The minimum absolute atomic E-state index is 0.0427. The lowest BCUT2D eigenvalue weighted by atomic mass is 9.87. The first-order valence-corrected chi connectivity index (χ1v) is 7.25. The highest BCUT2D eigenvalue weighted by molar-refractivity contribution is 4.91. The molecular formula is C13H29N3O4. The fraction of sp³-hybridized carbons (Fsp3) is 1.00. The fourth-order valence-corrected chi connectivity index (χ4v) is 2.81. The van der Waals surface area contributed by atoms with Gasteiger partial charge in [0.05, 0.1) is 12.2 Å². The molecule has 6 atom stereocenters. The minimum Gasteiger partial charge on any atom is -0.400 e. The predicted molar refractivity (Wildman–Crippen MR) is 75.8 cm³/mol. The minimum atomic E-state index is -0.606. The molecule has 1 aliphatic carbocycles. The van der Waals surface area contributed by atoms with E-state index >= 15 is 0 Å². The molecule has 0 aromatic carbocycles. The molecular weight excluding hydrogens is 262 g/mol. The van der Waals surface area contributed by atoms with Crippen LogP contribution in [0.3, 0.4) is 0 Å². The molecule has 1 aliphatic heterocycles. The second-order valence-electron chi connectivity index (χ2n) is 5.42. The van der Waals surface area contributed by atoms with Gasteiger partial charge in [-0.15, -0.1) is 0 Å². The summed E-state index contributed by atoms with van der Waals surface area (Å²) in [5, 5.41) is 17.0. The molecule has 20 heavy (non-hydrogen) atoms. The van der Waals surface area contributed by atoms with Crippen molar-refractivity contribution in [3.63, 3.8) is 0 Å². The number of aliphatic hydroxyl groups is 2. The fourth-order valence-electron chi connectivity index (χ4n) is 2.81. The summed E-state index contributed by atoms with van der Waals surface area (Å²) in [6.45, 7) is 0.504. The molecule has 1 saturated heterocycles. The molecule has 1 saturated carbocycles. The van der Waals surface area contributed by atoms with E-state index in [0.29, 0.717) is 19.4 Å². The molecule has 7 heteroatoms. The standard InChI is InChI=1S/C12H25N3O3.CH4O/c13-6-8-2-1-3-11(17-8)18-12-9(15)4-7(14)5-10(12)16;1-2/h7-12,16H,1-6,13-15H2;2H,1H3/t7?,8?,9?,10?,11-,12-;/m1./s1. The maximum atomic E-state index is 10.00. The van der Waals surface area contributed by atoms with Crippen molar-refractivity contribution in [1.82, 2.24) is 0 Å². The average Bonchev–Trinajstić information content (AvgIpc) is 2.45. The summed E-state index contributed by atoms with van der Waals surface area (Å²) < 4.78 is 11.5. The number of ether oxygens (including phenoxy) is 2. The Hall–Kier alpha value is -0.280. The zero-order valence-corrected chi connectivity index (χ0v) is 12.1. The van der Waals surface area contributed by atoms with Crippen LogP contribution in [0.1, 0.15) is 32.1 Å². The van der Waals surface area contributed by atoms with Crippen molar-refractivity contribution in [2.45, 2.75) is 68.8 Å². The topological polar surface area (TPSA) is 137 Å². The van der Waals surface area contributed by atoms with E-state index in [4.69, 9.17) is 31.8 Å². The lowest BCUT2D eigenvalue weighted by molar-refractivity contribution is -0.235. The lowest BCUT2D eigenvalue weighted by Crippen LogP contribution is -2.55. The van der Waals surface area contributed by atoms with E-state index < -0.39 is 6.10 Å². The summed E-state index contributed by atoms with van der Waals surface area (Å²) in [6.07, 6.45) is 2.82. The molecule has 2 rings (SSSR count). The van der Waals surface area contributed by atoms with Crippen molar-refractivity contribution in [2.24, 2.45) is 17.2 Å². The molecule has 0 bridgehead atoms. The third-order valence-corrected chi connectivity index (χ3v) is 3.80. The molecule has 2 fully saturated rings.